The van der Waals surface area contributed by atoms with Crippen molar-refractivity contribution in [3.05, 3.63) is 71.3 Å². The molecule has 1 saturated heterocycles. The predicted octanol–water partition coefficient (Wildman–Crippen LogP) is 2.89. The lowest BCUT2D eigenvalue weighted by molar-refractivity contribution is 0.0587. The first kappa shape index (κ1) is 19.0. The Morgan fingerprint density at radius 1 is 1.10 bits per heavy atom. The minimum atomic E-state index is -0.0915. The van der Waals surface area contributed by atoms with Gasteiger partial charge in [0.05, 0.1) is 20.1 Å². The summed E-state index contributed by atoms with van der Waals surface area (Å²) in [5.74, 6) is 1.84. The molecule has 0 radical (unpaired) electrons. The molecule has 0 atom stereocenters. The lowest BCUT2D eigenvalue weighted by Gasteiger charge is -2.39. The van der Waals surface area contributed by atoms with Crippen molar-refractivity contribution in [1.82, 2.24) is 19.4 Å². The lowest BCUT2D eigenvalue weighted by atomic mass is 9.97. The quantitative estimate of drug-likeness (QED) is 0.645. The number of ether oxygens (including phenoxy) is 2. The van der Waals surface area contributed by atoms with Crippen molar-refractivity contribution in [2.75, 3.05) is 27.3 Å². The second-order valence-corrected chi connectivity index (χ2v) is 7.15. The third-order valence-electron chi connectivity index (χ3n) is 5.27. The molecular weight excluding hydrogens is 368 g/mol. The van der Waals surface area contributed by atoms with Crippen LogP contribution in [-0.4, -0.2) is 52.7 Å². The van der Waals surface area contributed by atoms with E-state index < -0.39 is 0 Å². The van der Waals surface area contributed by atoms with Crippen LogP contribution in [0.5, 0.6) is 11.8 Å². The van der Waals surface area contributed by atoms with E-state index in [0.29, 0.717) is 24.5 Å². The number of imidazole rings is 1. The molecule has 1 fully saturated rings. The van der Waals surface area contributed by atoms with Crippen LogP contribution in [0, 0.1) is 6.92 Å². The number of pyridine rings is 1. The van der Waals surface area contributed by atoms with Gasteiger partial charge in [-0.1, -0.05) is 30.3 Å². The summed E-state index contributed by atoms with van der Waals surface area (Å²) in [7, 11) is 3.03. The van der Waals surface area contributed by atoms with Crippen LogP contribution in [0.15, 0.2) is 48.7 Å². The number of nitrogens with zero attached hydrogens (tertiary/aromatic N) is 4. The normalized spacial score (nSPS) is 13.8. The van der Waals surface area contributed by atoms with E-state index in [1.165, 1.54) is 19.8 Å². The maximum Gasteiger partial charge on any atom is 0.259 e. The number of hydrogen-bond donors (Lipinski definition) is 0. The van der Waals surface area contributed by atoms with Crippen molar-refractivity contribution in [3.8, 4) is 11.8 Å². The second kappa shape index (κ2) is 7.95. The summed E-state index contributed by atoms with van der Waals surface area (Å²) in [5.41, 5.74) is 2.79. The standard InChI is InChI=1S/C22H24N4O3/c1-15-11-23-20(26(15)12-16-7-5-4-6-8-16)17-13-25(14-17)22(27)18-9-10-19(28-2)24-21(18)29-3/h4-11,17H,12-14H2,1-3H3. The summed E-state index contributed by atoms with van der Waals surface area (Å²) in [5, 5.41) is 0. The van der Waals surface area contributed by atoms with Crippen molar-refractivity contribution >= 4 is 5.91 Å². The number of carbonyl (C=O) groups is 1. The Morgan fingerprint density at radius 2 is 1.86 bits per heavy atom. The Hall–Kier alpha value is -3.35. The third kappa shape index (κ3) is 3.68. The van der Waals surface area contributed by atoms with Gasteiger partial charge in [-0.3, -0.25) is 4.79 Å². The van der Waals surface area contributed by atoms with Gasteiger partial charge in [-0.05, 0) is 18.6 Å². The van der Waals surface area contributed by atoms with Gasteiger partial charge in [0.15, 0.2) is 0 Å². The molecule has 2 aromatic heterocycles. The molecule has 7 nitrogen and oxygen atoms in total. The zero-order valence-corrected chi connectivity index (χ0v) is 16.8. The summed E-state index contributed by atoms with van der Waals surface area (Å²) in [6.45, 7) is 4.09. The molecule has 3 heterocycles. The van der Waals surface area contributed by atoms with Crippen LogP contribution in [0.4, 0.5) is 0 Å². The second-order valence-electron chi connectivity index (χ2n) is 7.15. The maximum atomic E-state index is 12.9. The molecule has 4 rings (SSSR count). The van der Waals surface area contributed by atoms with Crippen LogP contribution in [0.2, 0.25) is 0 Å². The molecule has 150 valence electrons. The predicted molar refractivity (Wildman–Crippen MR) is 108 cm³/mol. The molecule has 1 aliphatic heterocycles. The Morgan fingerprint density at radius 3 is 2.55 bits per heavy atom. The number of amides is 1. The van der Waals surface area contributed by atoms with E-state index in [9.17, 15) is 4.79 Å². The fourth-order valence-corrected chi connectivity index (χ4v) is 3.61. The topological polar surface area (TPSA) is 69.5 Å². The minimum Gasteiger partial charge on any atom is -0.481 e. The fourth-order valence-electron chi connectivity index (χ4n) is 3.61. The van der Waals surface area contributed by atoms with E-state index in [1.807, 2.05) is 24.4 Å². The summed E-state index contributed by atoms with van der Waals surface area (Å²) in [6.07, 6.45) is 1.90. The number of benzene rings is 1. The summed E-state index contributed by atoms with van der Waals surface area (Å²) >= 11 is 0. The molecule has 0 bridgehead atoms. The molecule has 1 amide bonds. The van der Waals surface area contributed by atoms with E-state index >= 15 is 0 Å². The van der Waals surface area contributed by atoms with Crippen molar-refractivity contribution in [2.45, 2.75) is 19.4 Å². The van der Waals surface area contributed by atoms with Crippen LogP contribution in [0.3, 0.4) is 0 Å². The highest BCUT2D eigenvalue weighted by Crippen LogP contribution is 2.30. The Balaban J connectivity index is 1.47. The van der Waals surface area contributed by atoms with Gasteiger partial charge in [0.2, 0.25) is 11.8 Å². The van der Waals surface area contributed by atoms with E-state index in [2.05, 4.69) is 33.6 Å². The van der Waals surface area contributed by atoms with E-state index in [1.54, 1.807) is 17.0 Å². The first-order valence-electron chi connectivity index (χ1n) is 9.55. The zero-order chi connectivity index (χ0) is 20.4. The van der Waals surface area contributed by atoms with Crippen LogP contribution in [-0.2, 0) is 6.54 Å². The number of methoxy groups -OCH3 is 2. The highest BCUT2D eigenvalue weighted by atomic mass is 16.5. The number of aryl methyl sites for hydroxylation is 1. The van der Waals surface area contributed by atoms with Gasteiger partial charge in [0, 0.05) is 37.6 Å². The molecule has 0 N–H and O–H groups in total. The molecule has 0 saturated carbocycles. The average molecular weight is 392 g/mol. The van der Waals surface area contributed by atoms with Gasteiger partial charge in [-0.15, -0.1) is 0 Å². The Bertz CT molecular complexity index is 1010. The van der Waals surface area contributed by atoms with Crippen LogP contribution >= 0.6 is 0 Å². The first-order chi connectivity index (χ1) is 14.1. The van der Waals surface area contributed by atoms with Crippen LogP contribution < -0.4 is 9.47 Å². The van der Waals surface area contributed by atoms with Gasteiger partial charge in [0.25, 0.3) is 5.91 Å². The SMILES string of the molecule is COc1ccc(C(=O)N2CC(c3ncc(C)n3Cc3ccccc3)C2)c(OC)n1. The van der Waals surface area contributed by atoms with E-state index in [-0.39, 0.29) is 17.7 Å². The first-order valence-corrected chi connectivity index (χ1v) is 9.55. The molecule has 29 heavy (non-hydrogen) atoms. The number of carbonyl (C=O) groups excluding carboxylic acids is 1. The van der Waals surface area contributed by atoms with Crippen molar-refractivity contribution in [3.63, 3.8) is 0 Å². The molecule has 1 aromatic carbocycles. The van der Waals surface area contributed by atoms with Crippen LogP contribution in [0.1, 0.15) is 33.4 Å². The maximum absolute atomic E-state index is 12.9. The molecule has 0 unspecified atom stereocenters. The highest BCUT2D eigenvalue weighted by molar-refractivity contribution is 5.97. The summed E-state index contributed by atoms with van der Waals surface area (Å²) in [6, 6.07) is 13.7. The average Bonchev–Trinajstić information content (AvgIpc) is 3.07. The summed E-state index contributed by atoms with van der Waals surface area (Å²) in [4.78, 5) is 23.5. The van der Waals surface area contributed by atoms with Crippen molar-refractivity contribution in [1.29, 1.82) is 0 Å². The van der Waals surface area contributed by atoms with Gasteiger partial charge >= 0.3 is 0 Å². The van der Waals surface area contributed by atoms with Crippen molar-refractivity contribution in [2.24, 2.45) is 0 Å². The molecule has 1 aliphatic rings. The molecule has 0 spiro atoms. The van der Waals surface area contributed by atoms with E-state index in [0.717, 1.165) is 18.1 Å². The molecule has 7 heteroatoms. The number of likely N-dealkylation sites (tertiary alicyclic amines) is 1. The Labute approximate surface area is 169 Å². The van der Waals surface area contributed by atoms with Gasteiger partial charge < -0.3 is 18.9 Å². The lowest BCUT2D eigenvalue weighted by Crippen LogP contribution is -2.49. The Kier molecular flexibility index (Phi) is 5.20. The third-order valence-corrected chi connectivity index (χ3v) is 5.27. The van der Waals surface area contributed by atoms with Crippen molar-refractivity contribution < 1.29 is 14.3 Å². The zero-order valence-electron chi connectivity index (χ0n) is 16.8. The smallest absolute Gasteiger partial charge is 0.259 e. The van der Waals surface area contributed by atoms with E-state index in [4.69, 9.17) is 9.47 Å². The van der Waals surface area contributed by atoms with Gasteiger partial charge in [-0.2, -0.15) is 4.98 Å². The largest absolute Gasteiger partial charge is 0.481 e. The molecule has 0 aliphatic carbocycles. The van der Waals surface area contributed by atoms with Crippen LogP contribution in [0.25, 0.3) is 0 Å². The summed E-state index contributed by atoms with van der Waals surface area (Å²) < 4.78 is 12.6. The molecular formula is C22H24N4O3. The molecule has 3 aromatic rings. The monoisotopic (exact) mass is 392 g/mol. The number of aromatic nitrogens is 3. The minimum absolute atomic E-state index is 0.0915. The number of hydrogen-bond acceptors (Lipinski definition) is 5. The fraction of sp³-hybridized carbons (Fsp3) is 0.318. The van der Waals surface area contributed by atoms with Gasteiger partial charge in [-0.25, -0.2) is 4.98 Å². The highest BCUT2D eigenvalue weighted by Gasteiger charge is 2.36. The van der Waals surface area contributed by atoms with Gasteiger partial charge in [0.1, 0.15) is 11.4 Å². The number of rotatable bonds is 6.